The van der Waals surface area contributed by atoms with Crippen molar-refractivity contribution in [3.05, 3.63) is 0 Å². The van der Waals surface area contributed by atoms with E-state index in [4.69, 9.17) is 0 Å². The fourth-order valence-electron chi connectivity index (χ4n) is 3.35. The van der Waals surface area contributed by atoms with Crippen molar-refractivity contribution in [2.24, 2.45) is 0 Å². The van der Waals surface area contributed by atoms with Crippen LogP contribution in [0.25, 0.3) is 0 Å². The fraction of sp³-hybridized carbons (Fsp3) is 1.00. The van der Waals surface area contributed by atoms with Gasteiger partial charge < -0.3 is 5.11 Å². The van der Waals surface area contributed by atoms with E-state index < -0.39 is 21.7 Å². The highest BCUT2D eigenvalue weighted by Gasteiger charge is 2.68. The van der Waals surface area contributed by atoms with Crippen LogP contribution in [0.3, 0.4) is 0 Å². The summed E-state index contributed by atoms with van der Waals surface area (Å²) >= 11 is 1.67. The average Bonchev–Trinajstić information content (AvgIpc) is 2.66. The van der Waals surface area contributed by atoms with E-state index in [9.17, 15) is 13.5 Å². The Morgan fingerprint density at radius 1 is 1.38 bits per heavy atom. The van der Waals surface area contributed by atoms with Gasteiger partial charge in [-0.05, 0) is 27.2 Å². The van der Waals surface area contributed by atoms with Gasteiger partial charge in [-0.2, -0.15) is 4.31 Å². The first-order valence-electron chi connectivity index (χ1n) is 5.61. The van der Waals surface area contributed by atoms with Crippen molar-refractivity contribution in [1.82, 2.24) is 4.31 Å². The summed E-state index contributed by atoms with van der Waals surface area (Å²) in [6.07, 6.45) is 0.143. The Kier molecular flexibility index (Phi) is 2.10. The first kappa shape index (κ1) is 11.3. The van der Waals surface area contributed by atoms with Crippen LogP contribution in [-0.2, 0) is 10.0 Å². The third-order valence-corrected chi connectivity index (χ3v) is 8.32. The highest BCUT2D eigenvalue weighted by atomic mass is 32.2. The molecule has 3 heterocycles. The Labute approximate surface area is 100 Å². The summed E-state index contributed by atoms with van der Waals surface area (Å²) in [5.74, 6) is 0. The number of aliphatic hydroxyl groups is 1. The number of rotatable bonds is 0. The van der Waals surface area contributed by atoms with E-state index in [1.54, 1.807) is 16.1 Å². The topological polar surface area (TPSA) is 57.6 Å². The SMILES string of the molecule is CC(C)(C)N1C2C(O)C3CC(C2S3)S1(=O)=O. The maximum Gasteiger partial charge on any atom is 0.219 e. The zero-order valence-corrected chi connectivity index (χ0v) is 11.3. The van der Waals surface area contributed by atoms with Gasteiger partial charge in [-0.25, -0.2) is 8.42 Å². The number of nitrogens with zero attached hydrogens (tertiary/aromatic N) is 1. The molecule has 2 bridgehead atoms. The van der Waals surface area contributed by atoms with Crippen LogP contribution in [0.5, 0.6) is 0 Å². The number of hydrogen-bond donors (Lipinski definition) is 1. The lowest BCUT2D eigenvalue weighted by molar-refractivity contribution is 0.0641. The molecular formula is C10H17NO3S2. The van der Waals surface area contributed by atoms with Crippen LogP contribution in [0.4, 0.5) is 0 Å². The molecule has 3 aliphatic rings. The maximum absolute atomic E-state index is 12.4. The first-order chi connectivity index (χ1) is 7.24. The number of thioether (sulfide) groups is 1. The van der Waals surface area contributed by atoms with Crippen molar-refractivity contribution < 1.29 is 13.5 Å². The normalized spacial score (nSPS) is 50.1. The standard InChI is InChI=1S/C10H17NO3S2/c1-10(2,3)11-7-8(12)5-4-6(9(7)15-5)16(11,13)14/h5-9,12H,4H2,1-3H3. The molecule has 0 radical (unpaired) electrons. The predicted molar refractivity (Wildman–Crippen MR) is 63.9 cm³/mol. The Bertz CT molecular complexity index is 428. The van der Waals surface area contributed by atoms with E-state index in [0.717, 1.165) is 0 Å². The highest BCUT2D eigenvalue weighted by molar-refractivity contribution is 8.03. The second-order valence-corrected chi connectivity index (χ2v) is 9.36. The molecule has 5 atom stereocenters. The Balaban J connectivity index is 2.13. The molecule has 3 saturated heterocycles. The lowest BCUT2D eigenvalue weighted by Gasteiger charge is -2.35. The van der Waals surface area contributed by atoms with Crippen molar-refractivity contribution in [2.45, 2.75) is 60.6 Å². The summed E-state index contributed by atoms with van der Waals surface area (Å²) in [6, 6.07) is -0.196. The van der Waals surface area contributed by atoms with Crippen molar-refractivity contribution in [1.29, 1.82) is 0 Å². The minimum atomic E-state index is -3.21. The first-order valence-corrected chi connectivity index (χ1v) is 8.06. The minimum Gasteiger partial charge on any atom is -0.390 e. The molecule has 0 aromatic heterocycles. The summed E-state index contributed by atoms with van der Waals surface area (Å²) < 4.78 is 26.4. The van der Waals surface area contributed by atoms with Crippen LogP contribution in [0.2, 0.25) is 0 Å². The van der Waals surface area contributed by atoms with Crippen molar-refractivity contribution in [3.63, 3.8) is 0 Å². The van der Waals surface area contributed by atoms with Crippen molar-refractivity contribution in [2.75, 3.05) is 0 Å². The summed E-state index contributed by atoms with van der Waals surface area (Å²) in [7, 11) is -3.21. The average molecular weight is 263 g/mol. The molecule has 16 heavy (non-hydrogen) atoms. The molecule has 3 aliphatic heterocycles. The molecule has 4 nitrogen and oxygen atoms in total. The van der Waals surface area contributed by atoms with Gasteiger partial charge in [0, 0.05) is 16.0 Å². The minimum absolute atomic E-state index is 0.0872. The van der Waals surface area contributed by atoms with E-state index in [0.29, 0.717) is 6.42 Å². The number of fused-ring (bicyclic) bond motifs is 1. The molecular weight excluding hydrogens is 246 g/mol. The van der Waals surface area contributed by atoms with Crippen molar-refractivity contribution >= 4 is 21.8 Å². The van der Waals surface area contributed by atoms with Gasteiger partial charge in [-0.1, -0.05) is 0 Å². The Morgan fingerprint density at radius 2 is 2.00 bits per heavy atom. The van der Waals surface area contributed by atoms with Gasteiger partial charge in [-0.15, -0.1) is 11.8 Å². The van der Waals surface area contributed by atoms with Gasteiger partial charge >= 0.3 is 0 Å². The fourth-order valence-corrected chi connectivity index (χ4v) is 8.54. The molecule has 0 saturated carbocycles. The Hall–Kier alpha value is 0.220. The van der Waals surface area contributed by atoms with Gasteiger partial charge in [0.1, 0.15) is 0 Å². The third-order valence-electron chi connectivity index (χ3n) is 3.82. The predicted octanol–water partition coefficient (Wildman–Crippen LogP) is 0.416. The molecule has 0 aliphatic carbocycles. The molecule has 3 fully saturated rings. The molecule has 0 spiro atoms. The van der Waals surface area contributed by atoms with E-state index in [2.05, 4.69) is 0 Å². The van der Waals surface area contributed by atoms with Crippen LogP contribution in [0.1, 0.15) is 27.2 Å². The zero-order valence-electron chi connectivity index (χ0n) is 9.62. The quantitative estimate of drug-likeness (QED) is 0.688. The molecule has 0 amide bonds. The van der Waals surface area contributed by atoms with Gasteiger partial charge in [0.05, 0.1) is 17.4 Å². The lowest BCUT2D eigenvalue weighted by atomic mass is 9.90. The largest absolute Gasteiger partial charge is 0.390 e. The smallest absolute Gasteiger partial charge is 0.219 e. The molecule has 0 aromatic carbocycles. The summed E-state index contributed by atoms with van der Waals surface area (Å²) in [5.41, 5.74) is -0.433. The van der Waals surface area contributed by atoms with Crippen LogP contribution >= 0.6 is 11.8 Å². The van der Waals surface area contributed by atoms with Gasteiger partial charge in [0.15, 0.2) is 0 Å². The zero-order chi connectivity index (χ0) is 11.9. The van der Waals surface area contributed by atoms with Crippen LogP contribution in [0.15, 0.2) is 0 Å². The second kappa shape index (κ2) is 2.96. The van der Waals surface area contributed by atoms with Crippen molar-refractivity contribution in [3.8, 4) is 0 Å². The highest BCUT2D eigenvalue weighted by Crippen LogP contribution is 2.57. The van der Waals surface area contributed by atoms with E-state index in [1.807, 2.05) is 20.8 Å². The third kappa shape index (κ3) is 1.16. The van der Waals surface area contributed by atoms with Gasteiger partial charge in [-0.3, -0.25) is 0 Å². The van der Waals surface area contributed by atoms with E-state index in [1.165, 1.54) is 0 Å². The molecule has 6 heteroatoms. The number of aliphatic hydroxyl groups excluding tert-OH is 1. The molecule has 92 valence electrons. The molecule has 0 aromatic rings. The maximum atomic E-state index is 12.4. The second-order valence-electron chi connectivity index (χ2n) is 5.91. The molecule has 1 N–H and O–H groups in total. The van der Waals surface area contributed by atoms with E-state index >= 15 is 0 Å². The molecule has 5 unspecified atom stereocenters. The van der Waals surface area contributed by atoms with Gasteiger partial charge in [0.2, 0.25) is 10.0 Å². The summed E-state index contributed by atoms with van der Waals surface area (Å²) in [4.78, 5) is 0. The molecule has 3 rings (SSSR count). The van der Waals surface area contributed by atoms with Crippen LogP contribution < -0.4 is 0 Å². The Morgan fingerprint density at radius 3 is 2.50 bits per heavy atom. The monoisotopic (exact) mass is 263 g/mol. The summed E-state index contributed by atoms with van der Waals surface area (Å²) in [5, 5.41) is 10.1. The van der Waals surface area contributed by atoms with Crippen LogP contribution in [0, 0.1) is 0 Å². The summed E-state index contributed by atoms with van der Waals surface area (Å²) in [6.45, 7) is 5.71. The lowest BCUT2D eigenvalue weighted by Crippen LogP contribution is -2.52. The van der Waals surface area contributed by atoms with Gasteiger partial charge in [0.25, 0.3) is 0 Å². The number of sulfonamides is 1. The number of hydrogen-bond acceptors (Lipinski definition) is 4. The van der Waals surface area contributed by atoms with Crippen LogP contribution in [-0.4, -0.2) is 51.3 Å². The van der Waals surface area contributed by atoms with E-state index in [-0.39, 0.29) is 21.8 Å².